The minimum Gasteiger partial charge on any atom is -0.332 e. The summed E-state index contributed by atoms with van der Waals surface area (Å²) in [6.07, 6.45) is 0. The largest absolute Gasteiger partial charge is 0.332 e. The van der Waals surface area contributed by atoms with Crippen LogP contribution in [0, 0.1) is 0 Å². The van der Waals surface area contributed by atoms with Crippen molar-refractivity contribution < 1.29 is 9.69 Å². The van der Waals surface area contributed by atoms with Crippen molar-refractivity contribution in [2.45, 2.75) is 0 Å². The molecule has 0 bridgehead atoms. The van der Waals surface area contributed by atoms with Gasteiger partial charge in [0.2, 0.25) is 0 Å². The Balaban J connectivity index is 2.56. The van der Waals surface area contributed by atoms with Crippen LogP contribution in [0.1, 0.15) is 0 Å². The molecule has 0 atom stereocenters. The van der Waals surface area contributed by atoms with E-state index in [1.165, 1.54) is 0 Å². The Kier molecular flexibility index (Phi) is 4.10. The summed E-state index contributed by atoms with van der Waals surface area (Å²) in [5.74, 6) is 0.0306. The van der Waals surface area contributed by atoms with Gasteiger partial charge in [-0.15, -0.1) is 0 Å². The van der Waals surface area contributed by atoms with E-state index < -0.39 is 0 Å². The maximum absolute atomic E-state index is 11.4. The fraction of sp³-hybridized carbons (Fsp3) is 0.300. The maximum Gasteiger partial charge on any atom is 0.279 e. The number of quaternary nitrogens is 1. The molecule has 0 aliphatic rings. The molecule has 1 aromatic carbocycles. The Bertz CT molecular complexity index is 326. The van der Waals surface area contributed by atoms with E-state index in [-0.39, 0.29) is 5.91 Å². The molecule has 14 heavy (non-hydrogen) atoms. The molecule has 0 fully saturated rings. The number of likely N-dealkylation sites (N-methyl/N-ethyl adjacent to an activating group) is 1. The van der Waals surface area contributed by atoms with Crippen LogP contribution in [0.3, 0.4) is 0 Å². The van der Waals surface area contributed by atoms with Crippen molar-refractivity contribution in [3.05, 3.63) is 28.7 Å². The number of rotatable bonds is 3. The topological polar surface area (TPSA) is 33.5 Å². The third kappa shape index (κ3) is 3.89. The summed E-state index contributed by atoms with van der Waals surface area (Å²) in [7, 11) is 3.89. The van der Waals surface area contributed by atoms with E-state index in [0.717, 1.165) is 15.1 Å². The van der Waals surface area contributed by atoms with Gasteiger partial charge in [-0.3, -0.25) is 4.79 Å². The highest BCUT2D eigenvalue weighted by atomic mass is 79.9. The number of carbonyl (C=O) groups excluding carboxylic acids is 1. The van der Waals surface area contributed by atoms with Crippen molar-refractivity contribution in [3.63, 3.8) is 0 Å². The number of carbonyl (C=O) groups is 1. The molecule has 3 nitrogen and oxygen atoms in total. The first-order valence-electron chi connectivity index (χ1n) is 4.42. The molecule has 0 spiro atoms. The molecule has 1 amide bonds. The van der Waals surface area contributed by atoms with Gasteiger partial charge >= 0.3 is 0 Å². The zero-order valence-corrected chi connectivity index (χ0v) is 9.89. The molecule has 0 saturated carbocycles. The van der Waals surface area contributed by atoms with Gasteiger partial charge in [-0.25, -0.2) is 0 Å². The normalized spacial score (nSPS) is 10.3. The molecular formula is C10H14BrN2O+. The van der Waals surface area contributed by atoms with Crippen molar-refractivity contribution in [2.75, 3.05) is 26.0 Å². The van der Waals surface area contributed by atoms with Gasteiger partial charge in [0.1, 0.15) is 0 Å². The minimum absolute atomic E-state index is 0.0306. The Morgan fingerprint density at radius 3 is 2.79 bits per heavy atom. The van der Waals surface area contributed by atoms with Crippen molar-refractivity contribution in [1.29, 1.82) is 0 Å². The van der Waals surface area contributed by atoms with Crippen molar-refractivity contribution in [3.8, 4) is 0 Å². The Morgan fingerprint density at radius 1 is 1.50 bits per heavy atom. The average Bonchev–Trinajstić information content (AvgIpc) is 2.01. The van der Waals surface area contributed by atoms with Crippen molar-refractivity contribution >= 4 is 27.5 Å². The van der Waals surface area contributed by atoms with Crippen LogP contribution >= 0.6 is 15.9 Å². The molecule has 0 aromatic heterocycles. The second-order valence-electron chi connectivity index (χ2n) is 3.44. The summed E-state index contributed by atoms with van der Waals surface area (Å²) >= 11 is 3.35. The number of benzene rings is 1. The van der Waals surface area contributed by atoms with Gasteiger partial charge in [0.05, 0.1) is 14.1 Å². The molecule has 1 rings (SSSR count). The maximum atomic E-state index is 11.4. The van der Waals surface area contributed by atoms with E-state index in [1.54, 1.807) is 0 Å². The molecular weight excluding hydrogens is 244 g/mol. The lowest BCUT2D eigenvalue weighted by molar-refractivity contribution is -0.849. The standard InChI is InChI=1S/C10H13BrN2O/c1-13(2)7-10(14)12-9-5-3-4-8(11)6-9/h3-6H,7H2,1-2H3,(H,12,14)/p+1. The fourth-order valence-corrected chi connectivity index (χ4v) is 1.49. The van der Waals surface area contributed by atoms with Crippen LogP contribution in [-0.2, 0) is 4.79 Å². The van der Waals surface area contributed by atoms with Crippen LogP contribution in [0.5, 0.6) is 0 Å². The fourth-order valence-electron chi connectivity index (χ4n) is 1.09. The lowest BCUT2D eigenvalue weighted by atomic mass is 10.3. The SMILES string of the molecule is C[NH+](C)CC(=O)Nc1cccc(Br)c1. The predicted octanol–water partition coefficient (Wildman–Crippen LogP) is 0.532. The van der Waals surface area contributed by atoms with E-state index in [9.17, 15) is 4.79 Å². The average molecular weight is 258 g/mol. The van der Waals surface area contributed by atoms with Crippen LogP contribution in [0.25, 0.3) is 0 Å². The first kappa shape index (κ1) is 11.2. The highest BCUT2D eigenvalue weighted by Crippen LogP contribution is 2.15. The Morgan fingerprint density at radius 2 is 2.21 bits per heavy atom. The van der Waals surface area contributed by atoms with Gasteiger partial charge in [0.25, 0.3) is 5.91 Å². The van der Waals surface area contributed by atoms with Crippen LogP contribution in [0.15, 0.2) is 28.7 Å². The molecule has 0 aliphatic carbocycles. The lowest BCUT2D eigenvalue weighted by Gasteiger charge is -2.08. The van der Waals surface area contributed by atoms with Crippen LogP contribution in [-0.4, -0.2) is 26.5 Å². The quantitative estimate of drug-likeness (QED) is 0.814. The summed E-state index contributed by atoms with van der Waals surface area (Å²) in [6.45, 7) is 0.479. The van der Waals surface area contributed by atoms with Gasteiger partial charge in [-0.1, -0.05) is 22.0 Å². The van der Waals surface area contributed by atoms with Gasteiger partial charge < -0.3 is 10.2 Å². The first-order valence-corrected chi connectivity index (χ1v) is 5.21. The Hall–Kier alpha value is -0.870. The highest BCUT2D eigenvalue weighted by molar-refractivity contribution is 9.10. The molecule has 4 heteroatoms. The summed E-state index contributed by atoms with van der Waals surface area (Å²) in [5, 5.41) is 2.82. The van der Waals surface area contributed by atoms with Gasteiger partial charge in [-0.05, 0) is 18.2 Å². The molecule has 1 aromatic rings. The van der Waals surface area contributed by atoms with Crippen LogP contribution in [0.2, 0.25) is 0 Å². The van der Waals surface area contributed by atoms with E-state index >= 15 is 0 Å². The second kappa shape index (κ2) is 5.12. The smallest absolute Gasteiger partial charge is 0.279 e. The van der Waals surface area contributed by atoms with E-state index in [2.05, 4.69) is 21.2 Å². The molecule has 0 saturated heterocycles. The molecule has 0 heterocycles. The minimum atomic E-state index is 0.0306. The number of anilines is 1. The van der Waals surface area contributed by atoms with Crippen LogP contribution in [0.4, 0.5) is 5.69 Å². The summed E-state index contributed by atoms with van der Waals surface area (Å²) in [4.78, 5) is 12.5. The third-order valence-corrected chi connectivity index (χ3v) is 2.12. The third-order valence-electron chi connectivity index (χ3n) is 1.62. The molecule has 76 valence electrons. The number of nitrogens with one attached hydrogen (secondary N) is 2. The summed E-state index contributed by atoms with van der Waals surface area (Å²) in [6, 6.07) is 7.56. The number of halogens is 1. The van der Waals surface area contributed by atoms with Gasteiger partial charge in [0, 0.05) is 10.2 Å². The van der Waals surface area contributed by atoms with E-state index in [1.807, 2.05) is 38.4 Å². The molecule has 0 unspecified atom stereocenters. The second-order valence-corrected chi connectivity index (χ2v) is 4.36. The monoisotopic (exact) mass is 257 g/mol. The van der Waals surface area contributed by atoms with E-state index in [4.69, 9.17) is 0 Å². The molecule has 0 radical (unpaired) electrons. The van der Waals surface area contributed by atoms with Crippen molar-refractivity contribution in [1.82, 2.24) is 0 Å². The highest BCUT2D eigenvalue weighted by Gasteiger charge is 2.05. The van der Waals surface area contributed by atoms with Crippen molar-refractivity contribution in [2.24, 2.45) is 0 Å². The van der Waals surface area contributed by atoms with Crippen LogP contribution < -0.4 is 10.2 Å². The van der Waals surface area contributed by atoms with Gasteiger partial charge in [-0.2, -0.15) is 0 Å². The number of hydrogen-bond acceptors (Lipinski definition) is 1. The zero-order chi connectivity index (χ0) is 10.6. The summed E-state index contributed by atoms with van der Waals surface area (Å²) in [5.41, 5.74) is 0.825. The molecule has 2 N–H and O–H groups in total. The lowest BCUT2D eigenvalue weighted by Crippen LogP contribution is -3.06. The summed E-state index contributed by atoms with van der Waals surface area (Å²) < 4.78 is 0.965. The predicted molar refractivity (Wildman–Crippen MR) is 60.4 cm³/mol. The first-order chi connectivity index (χ1) is 6.58. The van der Waals surface area contributed by atoms with E-state index in [0.29, 0.717) is 6.54 Å². The Labute approximate surface area is 92.2 Å². The number of amides is 1. The zero-order valence-electron chi connectivity index (χ0n) is 8.30. The molecule has 0 aliphatic heterocycles. The number of hydrogen-bond donors (Lipinski definition) is 2. The van der Waals surface area contributed by atoms with Gasteiger partial charge in [0.15, 0.2) is 6.54 Å².